The van der Waals surface area contributed by atoms with E-state index in [0.29, 0.717) is 0 Å². The third-order valence-corrected chi connectivity index (χ3v) is 2.02. The van der Waals surface area contributed by atoms with Gasteiger partial charge in [0.25, 0.3) is 7.82 Å². The maximum atomic E-state index is 10.7. The van der Waals surface area contributed by atoms with Crippen LogP contribution in [0.1, 0.15) is 6.92 Å². The number of hydrogen-bond donors (Lipinski definition) is 0. The van der Waals surface area contributed by atoms with Crippen LogP contribution in [0, 0.1) is 0 Å². The summed E-state index contributed by atoms with van der Waals surface area (Å²) in [5.41, 5.74) is 0. The van der Waals surface area contributed by atoms with Crippen molar-refractivity contribution in [2.24, 2.45) is 0 Å². The van der Waals surface area contributed by atoms with E-state index in [1.807, 2.05) is 0 Å². The topological polar surface area (TPSA) is 58.6 Å². The minimum absolute atomic E-state index is 0. The van der Waals surface area contributed by atoms with Gasteiger partial charge in [-0.1, -0.05) is 34.8 Å². The van der Waals surface area contributed by atoms with Gasteiger partial charge in [-0.25, -0.2) is 0 Å². The van der Waals surface area contributed by atoms with Crippen LogP contribution < -0.4 is 34.5 Å². The van der Waals surface area contributed by atoms with E-state index in [-0.39, 0.29) is 36.2 Å². The van der Waals surface area contributed by atoms with Crippen molar-refractivity contribution >= 4 is 42.6 Å². The molecule has 0 heterocycles. The van der Waals surface area contributed by atoms with Gasteiger partial charge < -0.3 is 13.9 Å². The minimum atomic E-state index is -4.29. The van der Waals surface area contributed by atoms with Gasteiger partial charge >= 0.3 is 29.6 Å². The summed E-state index contributed by atoms with van der Waals surface area (Å²) in [6.45, 7) is 0.933. The summed E-state index contributed by atoms with van der Waals surface area (Å²) in [6.07, 6.45) is 0. The summed E-state index contributed by atoms with van der Waals surface area (Å²) >= 11 is 15.7. The van der Waals surface area contributed by atoms with E-state index >= 15 is 0 Å². The molecule has 0 bridgehead atoms. The molecule has 0 N–H and O–H groups in total. The summed E-state index contributed by atoms with van der Waals surface area (Å²) in [5.74, 6) is 0. The second kappa shape index (κ2) is 7.29. The predicted octanol–water partition coefficient (Wildman–Crippen LogP) is -1.12. The monoisotopic (exact) mass is 278 g/mol. The standard InChI is InChI=1S/C4H8Cl3O4P.Na/c1-2-10-12(8,9)11-3-4(5,6)7;/h2-3H2,1H3,(H,8,9);/q;+1/p-1. The first kappa shape index (κ1) is 17.4. The molecular weight excluding hydrogens is 272 g/mol. The molecule has 0 aliphatic heterocycles. The molecule has 9 heteroatoms. The van der Waals surface area contributed by atoms with Crippen molar-refractivity contribution in [3.05, 3.63) is 0 Å². The van der Waals surface area contributed by atoms with Gasteiger partial charge in [0.1, 0.15) is 6.61 Å². The van der Waals surface area contributed by atoms with Crippen molar-refractivity contribution in [1.82, 2.24) is 0 Å². The third-order valence-electron chi connectivity index (χ3n) is 0.674. The molecule has 0 amide bonds. The molecule has 0 rings (SSSR count). The number of rotatable bonds is 4. The number of alkyl halides is 3. The van der Waals surface area contributed by atoms with Gasteiger partial charge in [0.15, 0.2) is 0 Å². The average Bonchev–Trinajstić information content (AvgIpc) is 1.83. The van der Waals surface area contributed by atoms with Gasteiger partial charge in [-0.3, -0.25) is 4.57 Å². The zero-order valence-corrected chi connectivity index (χ0v) is 12.3. The van der Waals surface area contributed by atoms with E-state index < -0.39 is 18.2 Å². The molecule has 0 aliphatic rings. The average molecular weight is 279 g/mol. The Morgan fingerprint density at radius 1 is 1.38 bits per heavy atom. The van der Waals surface area contributed by atoms with Crippen molar-refractivity contribution in [2.45, 2.75) is 10.7 Å². The summed E-state index contributed by atoms with van der Waals surface area (Å²) in [4.78, 5) is 10.7. The zero-order valence-electron chi connectivity index (χ0n) is 7.13. The molecule has 1 unspecified atom stereocenters. The number of phosphoric acid groups is 1. The molecule has 0 aromatic carbocycles. The number of phosphoric ester groups is 1. The fourth-order valence-corrected chi connectivity index (χ4v) is 1.48. The minimum Gasteiger partial charge on any atom is -0.756 e. The largest absolute Gasteiger partial charge is 1.00 e. The first-order valence-electron chi connectivity index (χ1n) is 2.94. The molecule has 0 radical (unpaired) electrons. The van der Waals surface area contributed by atoms with Crippen molar-refractivity contribution in [3.63, 3.8) is 0 Å². The van der Waals surface area contributed by atoms with E-state index in [0.717, 1.165) is 0 Å². The first-order valence-corrected chi connectivity index (χ1v) is 5.53. The molecule has 0 aromatic rings. The van der Waals surface area contributed by atoms with Crippen molar-refractivity contribution < 1.29 is 48.1 Å². The van der Waals surface area contributed by atoms with Crippen molar-refractivity contribution in [2.75, 3.05) is 13.2 Å². The normalized spacial score (nSPS) is 16.1. The summed E-state index contributed by atoms with van der Waals surface area (Å²) in [5, 5.41) is 0. The Labute approximate surface area is 114 Å². The summed E-state index contributed by atoms with van der Waals surface area (Å²) < 4.78 is 17.4. The van der Waals surface area contributed by atoms with Gasteiger partial charge in [0.2, 0.25) is 3.79 Å². The Morgan fingerprint density at radius 3 is 2.15 bits per heavy atom. The Hall–Kier alpha value is 1.98. The first-order chi connectivity index (χ1) is 5.27. The second-order valence-corrected chi connectivity index (χ2v) is 5.68. The van der Waals surface area contributed by atoms with E-state index in [4.69, 9.17) is 34.8 Å². The molecule has 0 saturated heterocycles. The van der Waals surface area contributed by atoms with E-state index in [9.17, 15) is 9.46 Å². The van der Waals surface area contributed by atoms with Crippen LogP contribution in [-0.2, 0) is 13.6 Å². The molecule has 74 valence electrons. The van der Waals surface area contributed by atoms with Crippen molar-refractivity contribution in [1.29, 1.82) is 0 Å². The van der Waals surface area contributed by atoms with E-state index in [1.54, 1.807) is 0 Å². The quantitative estimate of drug-likeness (QED) is 0.372. The van der Waals surface area contributed by atoms with Gasteiger partial charge in [-0.2, -0.15) is 0 Å². The molecule has 0 spiro atoms. The SMILES string of the molecule is CCOP(=O)([O-])OCC(Cl)(Cl)Cl.[Na+]. The number of halogens is 3. The molecule has 1 atom stereocenters. The third kappa shape index (κ3) is 11.9. The maximum Gasteiger partial charge on any atom is 1.00 e. The van der Waals surface area contributed by atoms with E-state index in [1.165, 1.54) is 6.92 Å². The Bertz CT molecular complexity index is 185. The zero-order chi connectivity index (χ0) is 9.83. The summed E-state index contributed by atoms with van der Waals surface area (Å²) in [6, 6.07) is 0. The maximum absolute atomic E-state index is 10.7. The van der Waals surface area contributed by atoms with Crippen LogP contribution in [0.15, 0.2) is 0 Å². The fourth-order valence-electron chi connectivity index (χ4n) is 0.348. The Kier molecular flexibility index (Phi) is 9.74. The van der Waals surface area contributed by atoms with Crippen LogP contribution in [0.2, 0.25) is 0 Å². The Balaban J connectivity index is 0. The smallest absolute Gasteiger partial charge is 0.756 e. The predicted molar refractivity (Wildman–Crippen MR) is 45.5 cm³/mol. The Morgan fingerprint density at radius 2 is 1.85 bits per heavy atom. The number of hydrogen-bond acceptors (Lipinski definition) is 4. The van der Waals surface area contributed by atoms with Crippen LogP contribution in [0.4, 0.5) is 0 Å². The van der Waals surface area contributed by atoms with Gasteiger partial charge in [0.05, 0.1) is 6.61 Å². The van der Waals surface area contributed by atoms with Gasteiger partial charge in [0, 0.05) is 0 Å². The molecule has 0 aromatic heterocycles. The van der Waals surface area contributed by atoms with Crippen LogP contribution >= 0.6 is 42.6 Å². The fraction of sp³-hybridized carbons (Fsp3) is 1.00. The van der Waals surface area contributed by atoms with Gasteiger partial charge in [-0.05, 0) is 6.92 Å². The van der Waals surface area contributed by atoms with Gasteiger partial charge in [-0.15, -0.1) is 0 Å². The second-order valence-electron chi connectivity index (χ2n) is 1.75. The summed E-state index contributed by atoms with van der Waals surface area (Å²) in [7, 11) is -4.29. The molecular formula is C4H7Cl3NaO4P. The van der Waals surface area contributed by atoms with Crippen LogP contribution in [0.3, 0.4) is 0 Å². The molecule has 13 heavy (non-hydrogen) atoms. The van der Waals surface area contributed by atoms with Crippen LogP contribution in [0.25, 0.3) is 0 Å². The molecule has 0 saturated carbocycles. The molecule has 0 aliphatic carbocycles. The van der Waals surface area contributed by atoms with Crippen LogP contribution in [-0.4, -0.2) is 17.0 Å². The van der Waals surface area contributed by atoms with E-state index in [2.05, 4.69) is 9.05 Å². The van der Waals surface area contributed by atoms with Crippen molar-refractivity contribution in [3.8, 4) is 0 Å². The van der Waals surface area contributed by atoms with Crippen LogP contribution in [0.5, 0.6) is 0 Å². The molecule has 4 nitrogen and oxygen atoms in total. The molecule has 0 fully saturated rings.